The Hall–Kier alpha value is -1.55. The summed E-state index contributed by atoms with van der Waals surface area (Å²) in [4.78, 5) is 14.9. The fourth-order valence-corrected chi connectivity index (χ4v) is 1.76. The summed E-state index contributed by atoms with van der Waals surface area (Å²) in [6.45, 7) is 0. The Labute approximate surface area is 84.7 Å². The van der Waals surface area contributed by atoms with Crippen molar-refractivity contribution in [1.82, 2.24) is 9.55 Å². The first-order valence-corrected chi connectivity index (χ1v) is 4.32. The second kappa shape index (κ2) is 2.99. The Bertz CT molecular complexity index is 519. The lowest BCUT2D eigenvalue weighted by molar-refractivity contribution is 0.0699. The van der Waals surface area contributed by atoms with Gasteiger partial charge in [-0.1, -0.05) is 11.6 Å². The fourth-order valence-electron chi connectivity index (χ4n) is 1.43. The molecule has 72 valence electrons. The molecule has 2 aromatic heterocycles. The van der Waals surface area contributed by atoms with Crippen molar-refractivity contribution >= 4 is 28.6 Å². The van der Waals surface area contributed by atoms with E-state index in [9.17, 15) is 4.79 Å². The maximum atomic E-state index is 10.9. The van der Waals surface area contributed by atoms with Crippen LogP contribution in [-0.2, 0) is 7.05 Å². The van der Waals surface area contributed by atoms with E-state index in [1.807, 2.05) is 0 Å². The topological polar surface area (TPSA) is 55.1 Å². The van der Waals surface area contributed by atoms with Gasteiger partial charge in [-0.25, -0.2) is 9.78 Å². The molecule has 2 heterocycles. The predicted molar refractivity (Wildman–Crippen MR) is 52.7 cm³/mol. The summed E-state index contributed by atoms with van der Waals surface area (Å²) >= 11 is 5.90. The molecule has 4 nitrogen and oxygen atoms in total. The average Bonchev–Trinajstić information content (AvgIpc) is 2.43. The molecule has 5 heteroatoms. The minimum Gasteiger partial charge on any atom is -0.478 e. The summed E-state index contributed by atoms with van der Waals surface area (Å²) in [7, 11) is 1.77. The summed E-state index contributed by atoms with van der Waals surface area (Å²) in [6, 6.07) is 1.44. The van der Waals surface area contributed by atoms with Gasteiger partial charge in [0.1, 0.15) is 5.65 Å². The highest BCUT2D eigenvalue weighted by atomic mass is 35.5. The van der Waals surface area contributed by atoms with Gasteiger partial charge in [0.25, 0.3) is 0 Å². The highest BCUT2D eigenvalue weighted by molar-refractivity contribution is 6.36. The number of carbonyl (C=O) groups is 1. The molecule has 2 rings (SSSR count). The lowest BCUT2D eigenvalue weighted by atomic mass is 10.2. The normalized spacial score (nSPS) is 10.7. The van der Waals surface area contributed by atoms with Crippen LogP contribution in [0.4, 0.5) is 0 Å². The van der Waals surface area contributed by atoms with E-state index in [1.54, 1.807) is 17.8 Å². The quantitative estimate of drug-likeness (QED) is 0.783. The molecular formula is C9H7ClN2O2. The molecular weight excluding hydrogens is 204 g/mol. The molecule has 1 N–H and O–H groups in total. The summed E-state index contributed by atoms with van der Waals surface area (Å²) < 4.78 is 1.70. The van der Waals surface area contributed by atoms with Gasteiger partial charge in [-0.2, -0.15) is 0 Å². The predicted octanol–water partition coefficient (Wildman–Crippen LogP) is 1.92. The number of pyridine rings is 1. The molecule has 0 spiro atoms. The van der Waals surface area contributed by atoms with Gasteiger partial charge in [-0.05, 0) is 6.07 Å². The zero-order valence-electron chi connectivity index (χ0n) is 7.36. The molecule has 0 aliphatic carbocycles. The number of aromatic nitrogens is 2. The Morgan fingerprint density at radius 1 is 1.64 bits per heavy atom. The Morgan fingerprint density at radius 3 is 3.00 bits per heavy atom. The van der Waals surface area contributed by atoms with Crippen LogP contribution in [0.15, 0.2) is 18.5 Å². The molecule has 0 radical (unpaired) electrons. The van der Waals surface area contributed by atoms with Crippen molar-refractivity contribution in [1.29, 1.82) is 0 Å². The molecule has 0 fully saturated rings. The van der Waals surface area contributed by atoms with E-state index in [0.29, 0.717) is 16.1 Å². The minimum atomic E-state index is -0.995. The van der Waals surface area contributed by atoms with Crippen LogP contribution in [-0.4, -0.2) is 20.6 Å². The zero-order chi connectivity index (χ0) is 10.3. The third-order valence-corrected chi connectivity index (χ3v) is 2.33. The van der Waals surface area contributed by atoms with Crippen molar-refractivity contribution in [2.75, 3.05) is 0 Å². The number of hydrogen-bond acceptors (Lipinski definition) is 2. The van der Waals surface area contributed by atoms with Gasteiger partial charge in [0.2, 0.25) is 0 Å². The van der Waals surface area contributed by atoms with Crippen LogP contribution in [0.1, 0.15) is 10.4 Å². The number of hydrogen-bond donors (Lipinski definition) is 1. The molecule has 0 amide bonds. The SMILES string of the molecule is Cn1cc(Cl)c2c(C(=O)O)ccnc21. The van der Waals surface area contributed by atoms with E-state index in [0.717, 1.165) is 0 Å². The maximum Gasteiger partial charge on any atom is 0.336 e. The van der Waals surface area contributed by atoms with Crippen LogP contribution in [0.3, 0.4) is 0 Å². The molecule has 0 saturated carbocycles. The van der Waals surface area contributed by atoms with Crippen LogP contribution < -0.4 is 0 Å². The second-order valence-electron chi connectivity index (χ2n) is 2.95. The van der Waals surface area contributed by atoms with Gasteiger partial charge >= 0.3 is 5.97 Å². The Morgan fingerprint density at radius 2 is 2.36 bits per heavy atom. The van der Waals surface area contributed by atoms with Crippen LogP contribution in [0.25, 0.3) is 11.0 Å². The average molecular weight is 211 g/mol. The van der Waals surface area contributed by atoms with E-state index in [2.05, 4.69) is 4.98 Å². The Balaban J connectivity index is 2.92. The van der Waals surface area contributed by atoms with E-state index >= 15 is 0 Å². The van der Waals surface area contributed by atoms with Gasteiger partial charge in [-0.3, -0.25) is 0 Å². The van der Waals surface area contributed by atoms with Crippen molar-refractivity contribution in [2.45, 2.75) is 0 Å². The van der Waals surface area contributed by atoms with E-state index in [1.165, 1.54) is 12.3 Å². The third kappa shape index (κ3) is 1.15. The molecule has 0 atom stereocenters. The highest BCUT2D eigenvalue weighted by Crippen LogP contribution is 2.26. The highest BCUT2D eigenvalue weighted by Gasteiger charge is 2.14. The first kappa shape index (κ1) is 9.02. The number of nitrogens with zero attached hydrogens (tertiary/aromatic N) is 2. The summed E-state index contributed by atoms with van der Waals surface area (Å²) in [6.07, 6.45) is 3.10. The summed E-state index contributed by atoms with van der Waals surface area (Å²) in [5, 5.41) is 9.82. The van der Waals surface area contributed by atoms with Crippen molar-refractivity contribution in [3.05, 3.63) is 29.0 Å². The van der Waals surface area contributed by atoms with Crippen molar-refractivity contribution < 1.29 is 9.90 Å². The molecule has 14 heavy (non-hydrogen) atoms. The standard InChI is InChI=1S/C9H7ClN2O2/c1-12-4-6(10)7-5(9(13)14)2-3-11-8(7)12/h2-4H,1H3,(H,13,14). The van der Waals surface area contributed by atoms with Gasteiger partial charge in [0, 0.05) is 19.4 Å². The maximum absolute atomic E-state index is 10.9. The van der Waals surface area contributed by atoms with Gasteiger partial charge in [0.05, 0.1) is 16.0 Å². The van der Waals surface area contributed by atoms with Crippen molar-refractivity contribution in [3.63, 3.8) is 0 Å². The van der Waals surface area contributed by atoms with E-state index in [4.69, 9.17) is 16.7 Å². The number of carboxylic acid groups (broad SMARTS) is 1. The lowest BCUT2D eigenvalue weighted by Gasteiger charge is -1.97. The lowest BCUT2D eigenvalue weighted by Crippen LogP contribution is -1.98. The number of aryl methyl sites for hydroxylation is 1. The molecule has 0 bridgehead atoms. The number of aromatic carboxylic acids is 1. The molecule has 0 aromatic carbocycles. The van der Waals surface area contributed by atoms with Gasteiger partial charge < -0.3 is 9.67 Å². The Kier molecular flexibility index (Phi) is 1.93. The zero-order valence-corrected chi connectivity index (χ0v) is 8.12. The van der Waals surface area contributed by atoms with Crippen LogP contribution in [0.2, 0.25) is 5.02 Å². The van der Waals surface area contributed by atoms with Crippen molar-refractivity contribution in [2.24, 2.45) is 7.05 Å². The van der Waals surface area contributed by atoms with Crippen LogP contribution >= 0.6 is 11.6 Å². The monoisotopic (exact) mass is 210 g/mol. The molecule has 0 unspecified atom stereocenters. The first-order valence-electron chi connectivity index (χ1n) is 3.94. The van der Waals surface area contributed by atoms with Crippen LogP contribution in [0, 0.1) is 0 Å². The smallest absolute Gasteiger partial charge is 0.336 e. The van der Waals surface area contributed by atoms with E-state index < -0.39 is 5.97 Å². The van der Waals surface area contributed by atoms with Gasteiger partial charge in [0.15, 0.2) is 0 Å². The number of halogens is 1. The fraction of sp³-hybridized carbons (Fsp3) is 0.111. The third-order valence-electron chi connectivity index (χ3n) is 2.04. The van der Waals surface area contributed by atoms with Crippen molar-refractivity contribution in [3.8, 4) is 0 Å². The summed E-state index contributed by atoms with van der Waals surface area (Å²) in [5.41, 5.74) is 0.760. The first-order chi connectivity index (χ1) is 6.61. The number of carboxylic acids is 1. The van der Waals surface area contributed by atoms with E-state index in [-0.39, 0.29) is 5.56 Å². The molecule has 0 aliphatic rings. The summed E-state index contributed by atoms with van der Waals surface area (Å²) in [5.74, 6) is -0.995. The molecule has 2 aromatic rings. The molecule has 0 aliphatic heterocycles. The number of rotatable bonds is 1. The molecule has 0 saturated heterocycles. The van der Waals surface area contributed by atoms with Crippen LogP contribution in [0.5, 0.6) is 0 Å². The number of fused-ring (bicyclic) bond motifs is 1. The van der Waals surface area contributed by atoms with Gasteiger partial charge in [-0.15, -0.1) is 0 Å². The second-order valence-corrected chi connectivity index (χ2v) is 3.36. The largest absolute Gasteiger partial charge is 0.478 e. The minimum absolute atomic E-state index is 0.181.